The first kappa shape index (κ1) is 16.8. The van der Waals surface area contributed by atoms with E-state index in [-0.39, 0.29) is 23.0 Å². The van der Waals surface area contributed by atoms with Crippen LogP contribution in [0.4, 0.5) is 5.69 Å². The molecule has 2 aromatic rings. The van der Waals surface area contributed by atoms with Gasteiger partial charge in [0, 0.05) is 18.1 Å². The molecule has 4 rings (SSSR count). The van der Waals surface area contributed by atoms with Crippen LogP contribution in [0.25, 0.3) is 0 Å². The van der Waals surface area contributed by atoms with E-state index in [1.165, 1.54) is 6.92 Å². The lowest BCUT2D eigenvalue weighted by molar-refractivity contribution is -0.162. The van der Waals surface area contributed by atoms with Gasteiger partial charge in [0.25, 0.3) is 5.79 Å². The van der Waals surface area contributed by atoms with Crippen molar-refractivity contribution < 1.29 is 19.4 Å². The van der Waals surface area contributed by atoms with Crippen molar-refractivity contribution in [2.45, 2.75) is 38.0 Å². The van der Waals surface area contributed by atoms with E-state index in [1.807, 2.05) is 26.0 Å². The fourth-order valence-electron chi connectivity index (χ4n) is 3.84. The molecular formula is C20H20N2O4. The molecule has 2 unspecified atom stereocenters. The predicted octanol–water partition coefficient (Wildman–Crippen LogP) is 2.36. The fourth-order valence-corrected chi connectivity index (χ4v) is 3.84. The third kappa shape index (κ3) is 1.88. The summed E-state index contributed by atoms with van der Waals surface area (Å²) in [7, 11) is 0. The quantitative estimate of drug-likeness (QED) is 0.770. The second-order valence-electron chi connectivity index (χ2n) is 7.20. The van der Waals surface area contributed by atoms with Crippen LogP contribution >= 0.6 is 0 Å². The van der Waals surface area contributed by atoms with Gasteiger partial charge in [-0.15, -0.1) is 0 Å². The maximum absolute atomic E-state index is 13.3. The average Bonchev–Trinajstić information content (AvgIpc) is 2.91. The van der Waals surface area contributed by atoms with Crippen molar-refractivity contribution in [3.8, 4) is 5.75 Å². The van der Waals surface area contributed by atoms with Crippen molar-refractivity contribution in [1.82, 2.24) is 0 Å². The molecule has 0 radical (unpaired) electrons. The molecule has 1 aliphatic carbocycles. The van der Waals surface area contributed by atoms with E-state index in [4.69, 9.17) is 10.5 Å². The van der Waals surface area contributed by atoms with Gasteiger partial charge in [0.05, 0.1) is 11.3 Å². The first-order chi connectivity index (χ1) is 12.2. The Bertz CT molecular complexity index is 968. The van der Waals surface area contributed by atoms with Gasteiger partial charge in [-0.25, -0.2) is 0 Å². The van der Waals surface area contributed by atoms with Crippen molar-refractivity contribution in [1.29, 1.82) is 0 Å². The minimum atomic E-state index is -2.01. The number of nitrogens with one attached hydrogen (secondary N) is 1. The number of amides is 1. The molecule has 4 N–H and O–H groups in total. The van der Waals surface area contributed by atoms with E-state index in [0.29, 0.717) is 17.0 Å². The third-order valence-electron chi connectivity index (χ3n) is 5.21. The maximum Gasteiger partial charge on any atom is 0.265 e. The number of Topliss-reactive ketones (excluding diaryl/α,β-unsaturated/α-hetero) is 1. The summed E-state index contributed by atoms with van der Waals surface area (Å²) in [5.74, 6) is -2.13. The summed E-state index contributed by atoms with van der Waals surface area (Å²) in [4.78, 5) is 24.8. The molecule has 2 atom stereocenters. The molecular weight excluding hydrogens is 332 g/mol. The Hall–Kier alpha value is -2.70. The highest BCUT2D eigenvalue weighted by atomic mass is 16.6. The molecule has 0 bridgehead atoms. The lowest BCUT2D eigenvalue weighted by atomic mass is 9.83. The van der Waals surface area contributed by atoms with E-state index >= 15 is 0 Å². The number of aliphatic hydroxyl groups is 1. The first-order valence-electron chi connectivity index (χ1n) is 8.50. The fraction of sp³-hybridized carbons (Fsp3) is 0.300. The van der Waals surface area contributed by atoms with Gasteiger partial charge in [-0.3, -0.25) is 9.59 Å². The number of ether oxygens (including phenoxy) is 1. The topological polar surface area (TPSA) is 102 Å². The van der Waals surface area contributed by atoms with Crippen molar-refractivity contribution in [3.05, 3.63) is 58.7 Å². The molecule has 6 nitrogen and oxygen atoms in total. The van der Waals surface area contributed by atoms with Crippen molar-refractivity contribution in [2.24, 2.45) is 5.73 Å². The van der Waals surface area contributed by atoms with Gasteiger partial charge in [-0.1, -0.05) is 38.1 Å². The smallest absolute Gasteiger partial charge is 0.265 e. The number of carbonyl (C=O) groups is 2. The Kier molecular flexibility index (Phi) is 3.32. The van der Waals surface area contributed by atoms with Crippen LogP contribution in [-0.2, 0) is 16.1 Å². The zero-order valence-corrected chi connectivity index (χ0v) is 14.8. The molecule has 134 valence electrons. The largest absolute Gasteiger partial charge is 0.455 e. The van der Waals surface area contributed by atoms with Gasteiger partial charge in [0.15, 0.2) is 11.3 Å². The SMILES string of the molecule is CC(=O)Nc1cccc2c1C(=O)C1(N)c3ccc(C(C)C)cc3OC21O. The summed E-state index contributed by atoms with van der Waals surface area (Å²) >= 11 is 0. The molecule has 1 heterocycles. The number of carbonyl (C=O) groups excluding carboxylic acids is 2. The number of rotatable bonds is 2. The highest BCUT2D eigenvalue weighted by Gasteiger charge is 2.69. The van der Waals surface area contributed by atoms with Crippen LogP contribution in [0.3, 0.4) is 0 Å². The Morgan fingerprint density at radius 1 is 1.23 bits per heavy atom. The Labute approximate surface area is 151 Å². The number of ketones is 1. The number of hydrogen-bond acceptors (Lipinski definition) is 5. The molecule has 26 heavy (non-hydrogen) atoms. The van der Waals surface area contributed by atoms with Crippen LogP contribution in [0, 0.1) is 0 Å². The molecule has 2 aromatic carbocycles. The number of benzene rings is 2. The zero-order chi connectivity index (χ0) is 18.9. The second-order valence-corrected chi connectivity index (χ2v) is 7.20. The van der Waals surface area contributed by atoms with Crippen molar-refractivity contribution in [3.63, 3.8) is 0 Å². The van der Waals surface area contributed by atoms with Crippen molar-refractivity contribution >= 4 is 17.4 Å². The van der Waals surface area contributed by atoms with E-state index in [2.05, 4.69) is 5.32 Å². The number of nitrogens with two attached hydrogens (primary N) is 1. The van der Waals surface area contributed by atoms with E-state index in [9.17, 15) is 14.7 Å². The minimum absolute atomic E-state index is 0.186. The van der Waals surface area contributed by atoms with E-state index in [0.717, 1.165) is 5.56 Å². The molecule has 2 aliphatic rings. The predicted molar refractivity (Wildman–Crippen MR) is 96.0 cm³/mol. The standard InChI is InChI=1S/C20H20N2O4/c1-10(2)12-7-8-13-16(9-12)26-20(25)14-5-4-6-15(22-11(3)23)17(14)18(24)19(13,20)21/h4-10,25H,21H2,1-3H3,(H,22,23). The summed E-state index contributed by atoms with van der Waals surface area (Å²) in [6, 6.07) is 10.3. The summed E-state index contributed by atoms with van der Waals surface area (Å²) in [6.07, 6.45) is 0. The lowest BCUT2D eigenvalue weighted by Crippen LogP contribution is -2.55. The van der Waals surface area contributed by atoms with E-state index < -0.39 is 17.1 Å². The Morgan fingerprint density at radius 3 is 2.62 bits per heavy atom. The average molecular weight is 352 g/mol. The summed E-state index contributed by atoms with van der Waals surface area (Å²) < 4.78 is 5.87. The first-order valence-corrected chi connectivity index (χ1v) is 8.50. The molecule has 1 amide bonds. The molecule has 1 aliphatic heterocycles. The minimum Gasteiger partial charge on any atom is -0.455 e. The van der Waals surface area contributed by atoms with Crippen LogP contribution in [0.2, 0.25) is 0 Å². The lowest BCUT2D eigenvalue weighted by Gasteiger charge is -2.29. The van der Waals surface area contributed by atoms with Crippen LogP contribution in [0.5, 0.6) is 5.75 Å². The second kappa shape index (κ2) is 5.16. The van der Waals surface area contributed by atoms with Gasteiger partial charge in [-0.05, 0) is 23.6 Å². The van der Waals surface area contributed by atoms with Gasteiger partial charge in [-0.2, -0.15) is 0 Å². The van der Waals surface area contributed by atoms with Gasteiger partial charge in [0.2, 0.25) is 5.91 Å². The molecule has 0 aromatic heterocycles. The number of hydrogen-bond donors (Lipinski definition) is 3. The van der Waals surface area contributed by atoms with Gasteiger partial charge < -0.3 is 20.9 Å². The van der Waals surface area contributed by atoms with Crippen LogP contribution < -0.4 is 15.8 Å². The number of anilines is 1. The van der Waals surface area contributed by atoms with E-state index in [1.54, 1.807) is 24.3 Å². The Balaban J connectivity index is 1.92. The molecule has 0 fully saturated rings. The molecule has 6 heteroatoms. The monoisotopic (exact) mass is 352 g/mol. The highest BCUT2D eigenvalue weighted by Crippen LogP contribution is 2.58. The summed E-state index contributed by atoms with van der Waals surface area (Å²) in [5, 5.41) is 14.0. The maximum atomic E-state index is 13.3. The summed E-state index contributed by atoms with van der Waals surface area (Å²) in [6.45, 7) is 5.45. The molecule has 0 saturated carbocycles. The molecule has 0 saturated heterocycles. The Morgan fingerprint density at radius 2 is 1.96 bits per heavy atom. The normalized spacial score (nSPS) is 25.5. The van der Waals surface area contributed by atoms with Gasteiger partial charge >= 0.3 is 0 Å². The third-order valence-corrected chi connectivity index (χ3v) is 5.21. The highest BCUT2D eigenvalue weighted by molar-refractivity contribution is 6.15. The van der Waals surface area contributed by atoms with Crippen molar-refractivity contribution in [2.75, 3.05) is 5.32 Å². The summed E-state index contributed by atoms with van der Waals surface area (Å²) in [5.41, 5.74) is 6.97. The van der Waals surface area contributed by atoms with Crippen LogP contribution in [-0.4, -0.2) is 16.8 Å². The molecule has 0 spiro atoms. The number of fused-ring (bicyclic) bond motifs is 5. The van der Waals surface area contributed by atoms with Gasteiger partial charge in [0.1, 0.15) is 5.75 Å². The van der Waals surface area contributed by atoms with Crippen LogP contribution in [0.15, 0.2) is 36.4 Å². The van der Waals surface area contributed by atoms with Crippen LogP contribution in [0.1, 0.15) is 53.7 Å². The zero-order valence-electron chi connectivity index (χ0n) is 14.8.